The average molecular weight is 146 g/mol. The molecule has 0 aliphatic rings. The largest absolute Gasteiger partial charge is 0.377 e. The predicted octanol–water partition coefficient (Wildman–Crippen LogP) is 0.417. The van der Waals surface area contributed by atoms with Gasteiger partial charge in [-0.05, 0) is 0 Å². The molecule has 0 aromatic heterocycles. The van der Waals surface area contributed by atoms with E-state index in [9.17, 15) is 5.11 Å². The molecule has 0 aliphatic heterocycles. The van der Waals surface area contributed by atoms with E-state index in [1.165, 1.54) is 0 Å². The van der Waals surface area contributed by atoms with Crippen molar-refractivity contribution in [2.24, 2.45) is 5.41 Å². The maximum Gasteiger partial charge on any atom is 0.122 e. The third kappa shape index (κ3) is 3.82. The molecule has 0 aromatic carbocycles. The number of aliphatic hydroxyl groups is 1. The van der Waals surface area contributed by atoms with Gasteiger partial charge in [0.25, 0.3) is 0 Å². The lowest BCUT2D eigenvalue weighted by Crippen LogP contribution is -2.46. The van der Waals surface area contributed by atoms with Gasteiger partial charge in [0.1, 0.15) is 6.23 Å². The van der Waals surface area contributed by atoms with Gasteiger partial charge in [0.2, 0.25) is 0 Å². The summed E-state index contributed by atoms with van der Waals surface area (Å²) in [6, 6.07) is 0. The summed E-state index contributed by atoms with van der Waals surface area (Å²) in [4.78, 5) is 0. The molecule has 0 rings (SSSR count). The number of rotatable bonds is 2. The minimum Gasteiger partial charge on any atom is -0.377 e. The average Bonchev–Trinajstić information content (AvgIpc) is 1.60. The first-order valence-corrected chi connectivity index (χ1v) is 3.45. The molecule has 10 heavy (non-hydrogen) atoms. The monoisotopic (exact) mass is 146 g/mol. The first kappa shape index (κ1) is 9.88. The van der Waals surface area contributed by atoms with Crippen LogP contribution in [0, 0.1) is 5.41 Å². The molecule has 62 valence electrons. The van der Waals surface area contributed by atoms with Gasteiger partial charge in [-0.1, -0.05) is 20.8 Å². The van der Waals surface area contributed by atoms with Crippen LogP contribution in [0.3, 0.4) is 0 Å². The Morgan fingerprint density at radius 3 is 1.80 bits per heavy atom. The molecule has 0 radical (unpaired) electrons. The minimum absolute atomic E-state index is 0.107. The summed E-state index contributed by atoms with van der Waals surface area (Å²) in [5.41, 5.74) is 2.76. The lowest BCUT2D eigenvalue weighted by atomic mass is 9.95. The Hall–Kier alpha value is -0.120. The van der Waals surface area contributed by atoms with Crippen LogP contribution < -0.4 is 5.43 Å². The normalized spacial score (nSPS) is 15.9. The van der Waals surface area contributed by atoms with Crippen LogP contribution in [0.2, 0.25) is 0 Å². The molecule has 2 N–H and O–H groups in total. The van der Waals surface area contributed by atoms with Crippen molar-refractivity contribution in [2.75, 3.05) is 14.1 Å². The van der Waals surface area contributed by atoms with Gasteiger partial charge in [0, 0.05) is 19.5 Å². The summed E-state index contributed by atoms with van der Waals surface area (Å²) in [5, 5.41) is 11.1. The van der Waals surface area contributed by atoms with E-state index in [1.807, 2.05) is 34.9 Å². The third-order valence-corrected chi connectivity index (χ3v) is 1.20. The SMILES string of the molecule is CN(C)NC(O)C(C)(C)C. The quantitative estimate of drug-likeness (QED) is 0.438. The highest BCUT2D eigenvalue weighted by atomic mass is 16.3. The number of hydrogen-bond donors (Lipinski definition) is 2. The number of hydrogen-bond acceptors (Lipinski definition) is 3. The van der Waals surface area contributed by atoms with Gasteiger partial charge < -0.3 is 5.11 Å². The van der Waals surface area contributed by atoms with Crippen molar-refractivity contribution in [2.45, 2.75) is 27.0 Å². The number of nitrogens with zero attached hydrogens (tertiary/aromatic N) is 1. The van der Waals surface area contributed by atoms with Crippen molar-refractivity contribution in [1.82, 2.24) is 10.4 Å². The highest BCUT2D eigenvalue weighted by Crippen LogP contribution is 2.16. The molecule has 3 heteroatoms. The Kier molecular flexibility index (Phi) is 3.28. The number of aliphatic hydroxyl groups excluding tert-OH is 1. The number of hydrazine groups is 1. The van der Waals surface area contributed by atoms with Crippen LogP contribution in [0.5, 0.6) is 0 Å². The van der Waals surface area contributed by atoms with Crippen molar-refractivity contribution < 1.29 is 5.11 Å². The molecule has 1 unspecified atom stereocenters. The molecular formula is C7H18N2O. The number of nitrogens with one attached hydrogen (secondary N) is 1. The van der Waals surface area contributed by atoms with Crippen LogP contribution in [0.4, 0.5) is 0 Å². The van der Waals surface area contributed by atoms with Gasteiger partial charge in [-0.3, -0.25) is 0 Å². The molecule has 0 heterocycles. The second-order valence-corrected chi connectivity index (χ2v) is 3.79. The molecule has 0 spiro atoms. The Balaban J connectivity index is 3.73. The van der Waals surface area contributed by atoms with Crippen LogP contribution in [0.15, 0.2) is 0 Å². The first-order valence-electron chi connectivity index (χ1n) is 3.45. The molecule has 0 fully saturated rings. The first-order chi connectivity index (χ1) is 4.34. The van der Waals surface area contributed by atoms with Gasteiger partial charge in [-0.15, -0.1) is 0 Å². The summed E-state index contributed by atoms with van der Waals surface area (Å²) in [6.45, 7) is 5.94. The highest BCUT2D eigenvalue weighted by Gasteiger charge is 2.21. The lowest BCUT2D eigenvalue weighted by Gasteiger charge is -2.29. The molecular weight excluding hydrogens is 128 g/mol. The predicted molar refractivity (Wildman–Crippen MR) is 42.3 cm³/mol. The summed E-state index contributed by atoms with van der Waals surface area (Å²) in [7, 11) is 3.71. The van der Waals surface area contributed by atoms with E-state index >= 15 is 0 Å². The second kappa shape index (κ2) is 3.32. The highest BCUT2D eigenvalue weighted by molar-refractivity contribution is 4.68. The zero-order chi connectivity index (χ0) is 8.36. The Labute approximate surface area is 63.0 Å². The fourth-order valence-corrected chi connectivity index (χ4v) is 0.438. The molecule has 0 aromatic rings. The van der Waals surface area contributed by atoms with Crippen LogP contribution in [0.1, 0.15) is 20.8 Å². The van der Waals surface area contributed by atoms with E-state index in [1.54, 1.807) is 5.01 Å². The van der Waals surface area contributed by atoms with Gasteiger partial charge in [0.05, 0.1) is 0 Å². The zero-order valence-electron chi connectivity index (χ0n) is 7.47. The van der Waals surface area contributed by atoms with Gasteiger partial charge in [0.15, 0.2) is 0 Å². The van der Waals surface area contributed by atoms with Gasteiger partial charge in [-0.2, -0.15) is 0 Å². The standard InChI is InChI=1S/C7H18N2O/c1-7(2,3)6(10)8-9(4)5/h6,8,10H,1-5H3. The molecule has 0 saturated heterocycles. The van der Waals surface area contributed by atoms with Gasteiger partial charge >= 0.3 is 0 Å². The van der Waals surface area contributed by atoms with E-state index in [0.717, 1.165) is 0 Å². The maximum atomic E-state index is 9.40. The smallest absolute Gasteiger partial charge is 0.122 e. The van der Waals surface area contributed by atoms with E-state index < -0.39 is 6.23 Å². The molecule has 0 bridgehead atoms. The van der Waals surface area contributed by atoms with E-state index in [2.05, 4.69) is 5.43 Å². The molecule has 0 amide bonds. The Morgan fingerprint density at radius 2 is 1.70 bits per heavy atom. The second-order valence-electron chi connectivity index (χ2n) is 3.79. The summed E-state index contributed by atoms with van der Waals surface area (Å²) < 4.78 is 0. The molecule has 0 saturated carbocycles. The van der Waals surface area contributed by atoms with Crippen LogP contribution >= 0.6 is 0 Å². The van der Waals surface area contributed by atoms with Crippen molar-refractivity contribution in [1.29, 1.82) is 0 Å². The molecule has 0 aliphatic carbocycles. The van der Waals surface area contributed by atoms with Gasteiger partial charge in [-0.25, -0.2) is 10.4 Å². The minimum atomic E-state index is -0.484. The Morgan fingerprint density at radius 1 is 1.30 bits per heavy atom. The summed E-state index contributed by atoms with van der Waals surface area (Å²) in [6.07, 6.45) is -0.484. The third-order valence-electron chi connectivity index (χ3n) is 1.20. The lowest BCUT2D eigenvalue weighted by molar-refractivity contribution is -0.0159. The molecule has 3 nitrogen and oxygen atoms in total. The van der Waals surface area contributed by atoms with E-state index in [-0.39, 0.29) is 5.41 Å². The van der Waals surface area contributed by atoms with Crippen molar-refractivity contribution in [3.8, 4) is 0 Å². The van der Waals surface area contributed by atoms with Crippen molar-refractivity contribution in [3.63, 3.8) is 0 Å². The maximum absolute atomic E-state index is 9.40. The Bertz CT molecular complexity index is 96.3. The van der Waals surface area contributed by atoms with E-state index in [4.69, 9.17) is 0 Å². The fourth-order valence-electron chi connectivity index (χ4n) is 0.438. The van der Waals surface area contributed by atoms with Crippen molar-refractivity contribution in [3.05, 3.63) is 0 Å². The summed E-state index contributed by atoms with van der Waals surface area (Å²) >= 11 is 0. The van der Waals surface area contributed by atoms with Crippen molar-refractivity contribution >= 4 is 0 Å². The summed E-state index contributed by atoms with van der Waals surface area (Å²) in [5.74, 6) is 0. The topological polar surface area (TPSA) is 35.5 Å². The van der Waals surface area contributed by atoms with Crippen LogP contribution in [-0.4, -0.2) is 30.4 Å². The van der Waals surface area contributed by atoms with Crippen LogP contribution in [-0.2, 0) is 0 Å². The van der Waals surface area contributed by atoms with Crippen LogP contribution in [0.25, 0.3) is 0 Å². The zero-order valence-corrected chi connectivity index (χ0v) is 7.47. The fraction of sp³-hybridized carbons (Fsp3) is 1.00. The molecule has 1 atom stereocenters. The van der Waals surface area contributed by atoms with E-state index in [0.29, 0.717) is 0 Å².